The summed E-state index contributed by atoms with van der Waals surface area (Å²) in [4.78, 5) is 0. The Bertz CT molecular complexity index is 57.3. The SMILES string of the molecule is CCC(S)SC(S)CC. The molecule has 9 heavy (non-hydrogen) atoms. The van der Waals surface area contributed by atoms with Crippen LogP contribution >= 0.6 is 37.0 Å². The molecule has 0 aromatic heterocycles. The molecule has 0 heterocycles. The van der Waals surface area contributed by atoms with E-state index in [2.05, 4.69) is 39.1 Å². The summed E-state index contributed by atoms with van der Waals surface area (Å²) in [7, 11) is 0. The minimum absolute atomic E-state index is 0.465. The van der Waals surface area contributed by atoms with Crippen LogP contribution in [0.1, 0.15) is 26.7 Å². The largest absolute Gasteiger partial charge is 0.165 e. The molecule has 56 valence electrons. The van der Waals surface area contributed by atoms with Gasteiger partial charge in [0.15, 0.2) is 0 Å². The quantitative estimate of drug-likeness (QED) is 0.498. The maximum absolute atomic E-state index is 4.34. The Morgan fingerprint density at radius 3 is 1.67 bits per heavy atom. The average Bonchev–Trinajstić information content (AvgIpc) is 1.87. The smallest absolute Gasteiger partial charge is 0.0480 e. The molecule has 2 unspecified atom stereocenters. The van der Waals surface area contributed by atoms with Crippen LogP contribution in [0.15, 0.2) is 0 Å². The molecule has 0 radical (unpaired) electrons. The molecule has 0 rings (SSSR count). The van der Waals surface area contributed by atoms with Crippen molar-refractivity contribution in [1.29, 1.82) is 0 Å². The predicted molar refractivity (Wildman–Crippen MR) is 53.7 cm³/mol. The number of rotatable bonds is 4. The summed E-state index contributed by atoms with van der Waals surface area (Å²) in [5.74, 6) is 0. The van der Waals surface area contributed by atoms with Crippen molar-refractivity contribution in [1.82, 2.24) is 0 Å². The molecule has 0 saturated carbocycles. The molecular formula is C6H14S3. The van der Waals surface area contributed by atoms with E-state index in [4.69, 9.17) is 0 Å². The second-order valence-electron chi connectivity index (χ2n) is 1.86. The molecule has 2 atom stereocenters. The highest BCUT2D eigenvalue weighted by Gasteiger charge is 2.05. The molecule has 0 N–H and O–H groups in total. The third-order valence-corrected chi connectivity index (χ3v) is 3.77. The van der Waals surface area contributed by atoms with E-state index in [1.54, 1.807) is 0 Å². The predicted octanol–water partition coefficient (Wildman–Crippen LogP) is 3.05. The summed E-state index contributed by atoms with van der Waals surface area (Å²) < 4.78 is 0.930. The molecule has 0 nitrogen and oxygen atoms in total. The summed E-state index contributed by atoms with van der Waals surface area (Å²) >= 11 is 10.5. The molecule has 0 aromatic carbocycles. The Kier molecular flexibility index (Phi) is 6.48. The molecule has 0 amide bonds. The van der Waals surface area contributed by atoms with E-state index in [1.807, 2.05) is 11.8 Å². The minimum Gasteiger partial charge on any atom is -0.165 e. The van der Waals surface area contributed by atoms with Crippen molar-refractivity contribution >= 4 is 37.0 Å². The van der Waals surface area contributed by atoms with E-state index in [1.165, 1.54) is 0 Å². The molecule has 0 spiro atoms. The highest BCUT2D eigenvalue weighted by Crippen LogP contribution is 2.27. The van der Waals surface area contributed by atoms with Gasteiger partial charge in [0, 0.05) is 9.16 Å². The van der Waals surface area contributed by atoms with Gasteiger partial charge in [0.25, 0.3) is 0 Å². The van der Waals surface area contributed by atoms with Crippen molar-refractivity contribution in [3.63, 3.8) is 0 Å². The molecule has 0 fully saturated rings. The number of hydrogen-bond acceptors (Lipinski definition) is 3. The van der Waals surface area contributed by atoms with Gasteiger partial charge < -0.3 is 0 Å². The van der Waals surface area contributed by atoms with Gasteiger partial charge in [-0.15, -0.1) is 11.8 Å². The lowest BCUT2D eigenvalue weighted by Gasteiger charge is -2.11. The van der Waals surface area contributed by atoms with Crippen LogP contribution in [0, 0.1) is 0 Å². The van der Waals surface area contributed by atoms with Gasteiger partial charge in [0.05, 0.1) is 0 Å². The zero-order valence-electron chi connectivity index (χ0n) is 5.87. The van der Waals surface area contributed by atoms with Crippen molar-refractivity contribution < 1.29 is 0 Å². The lowest BCUT2D eigenvalue weighted by molar-refractivity contribution is 1.03. The number of thiol groups is 2. The normalized spacial score (nSPS) is 17.3. The summed E-state index contributed by atoms with van der Waals surface area (Å²) in [5, 5.41) is 0. The number of thioether (sulfide) groups is 1. The molecular weight excluding hydrogens is 168 g/mol. The first-order chi connectivity index (χ1) is 4.20. The maximum Gasteiger partial charge on any atom is 0.0480 e. The molecule has 0 aromatic rings. The third kappa shape index (κ3) is 5.49. The van der Waals surface area contributed by atoms with Crippen molar-refractivity contribution in [2.75, 3.05) is 0 Å². The van der Waals surface area contributed by atoms with Gasteiger partial charge in [-0.2, -0.15) is 25.3 Å². The van der Waals surface area contributed by atoms with Crippen molar-refractivity contribution in [3.8, 4) is 0 Å². The van der Waals surface area contributed by atoms with Gasteiger partial charge in [0.1, 0.15) is 0 Å². The summed E-state index contributed by atoms with van der Waals surface area (Å²) in [6, 6.07) is 0. The summed E-state index contributed by atoms with van der Waals surface area (Å²) in [5.41, 5.74) is 0. The topological polar surface area (TPSA) is 0 Å². The molecule has 0 aliphatic rings. The minimum atomic E-state index is 0.465. The van der Waals surface area contributed by atoms with Gasteiger partial charge in [-0.1, -0.05) is 13.8 Å². The van der Waals surface area contributed by atoms with Crippen LogP contribution in [0.3, 0.4) is 0 Å². The van der Waals surface area contributed by atoms with Gasteiger partial charge >= 0.3 is 0 Å². The molecule has 0 aliphatic carbocycles. The molecule has 0 bridgehead atoms. The molecule has 0 aliphatic heterocycles. The first kappa shape index (κ1) is 10.0. The van der Waals surface area contributed by atoms with Crippen LogP contribution in [0.5, 0.6) is 0 Å². The summed E-state index contributed by atoms with van der Waals surface area (Å²) in [6.07, 6.45) is 2.23. The van der Waals surface area contributed by atoms with Crippen molar-refractivity contribution in [2.24, 2.45) is 0 Å². The van der Waals surface area contributed by atoms with E-state index in [9.17, 15) is 0 Å². The third-order valence-electron chi connectivity index (χ3n) is 1.01. The van der Waals surface area contributed by atoms with E-state index < -0.39 is 0 Å². The Morgan fingerprint density at radius 2 is 1.44 bits per heavy atom. The van der Waals surface area contributed by atoms with Crippen LogP contribution in [0.4, 0.5) is 0 Å². The molecule has 3 heteroatoms. The van der Waals surface area contributed by atoms with Gasteiger partial charge in [-0.05, 0) is 12.8 Å². The van der Waals surface area contributed by atoms with Crippen LogP contribution in [0.2, 0.25) is 0 Å². The average molecular weight is 182 g/mol. The molecule has 0 saturated heterocycles. The van der Waals surface area contributed by atoms with Gasteiger partial charge in [-0.3, -0.25) is 0 Å². The van der Waals surface area contributed by atoms with Crippen molar-refractivity contribution in [2.45, 2.75) is 35.9 Å². The Balaban J connectivity index is 3.22. The van der Waals surface area contributed by atoms with Crippen LogP contribution in [0.25, 0.3) is 0 Å². The first-order valence-electron chi connectivity index (χ1n) is 3.22. The van der Waals surface area contributed by atoms with E-state index >= 15 is 0 Å². The summed E-state index contributed by atoms with van der Waals surface area (Å²) in [6.45, 7) is 4.28. The fraction of sp³-hybridized carbons (Fsp3) is 1.00. The highest BCUT2D eigenvalue weighted by atomic mass is 32.2. The van der Waals surface area contributed by atoms with Crippen LogP contribution in [-0.4, -0.2) is 9.16 Å². The van der Waals surface area contributed by atoms with Crippen LogP contribution < -0.4 is 0 Å². The second kappa shape index (κ2) is 5.81. The second-order valence-corrected chi connectivity index (χ2v) is 5.22. The van der Waals surface area contributed by atoms with Crippen LogP contribution in [-0.2, 0) is 0 Å². The van der Waals surface area contributed by atoms with Crippen molar-refractivity contribution in [3.05, 3.63) is 0 Å². The lowest BCUT2D eigenvalue weighted by atomic mass is 10.6. The Labute approximate surface area is 73.0 Å². The fourth-order valence-corrected chi connectivity index (χ4v) is 2.29. The fourth-order valence-electron chi connectivity index (χ4n) is 0.374. The monoisotopic (exact) mass is 182 g/mol. The Morgan fingerprint density at radius 1 is 1.11 bits per heavy atom. The van der Waals surface area contributed by atoms with E-state index in [0.717, 1.165) is 12.8 Å². The zero-order valence-corrected chi connectivity index (χ0v) is 8.48. The highest BCUT2D eigenvalue weighted by molar-refractivity contribution is 8.16. The lowest BCUT2D eigenvalue weighted by Crippen LogP contribution is -1.96. The maximum atomic E-state index is 4.34. The van der Waals surface area contributed by atoms with E-state index in [0.29, 0.717) is 9.16 Å². The first-order valence-corrected chi connectivity index (χ1v) is 5.19. The standard InChI is InChI=1S/C6H14S3/c1-3-5(7)9-6(8)4-2/h5-8H,3-4H2,1-2H3. The zero-order chi connectivity index (χ0) is 7.28. The Hall–Kier alpha value is 1.05. The van der Waals surface area contributed by atoms with Gasteiger partial charge in [-0.25, -0.2) is 0 Å². The van der Waals surface area contributed by atoms with Gasteiger partial charge in [0.2, 0.25) is 0 Å². The van der Waals surface area contributed by atoms with E-state index in [-0.39, 0.29) is 0 Å². The number of hydrogen-bond donors (Lipinski definition) is 2.